The topological polar surface area (TPSA) is 35.5 Å². The first kappa shape index (κ1) is 14.0. The molecule has 0 fully saturated rings. The summed E-state index contributed by atoms with van der Waals surface area (Å²) in [5, 5.41) is 0. The lowest BCUT2D eigenvalue weighted by Gasteiger charge is -2.10. The molecule has 0 N–H and O–H groups in total. The Balaban J connectivity index is 2.21. The van der Waals surface area contributed by atoms with Crippen molar-refractivity contribution in [2.24, 2.45) is 0 Å². The highest BCUT2D eigenvalue weighted by atomic mass is 19.1. The Morgan fingerprint density at radius 1 is 1.15 bits per heavy atom. The molecular formula is C15H12F2O3. The van der Waals surface area contributed by atoms with Crippen molar-refractivity contribution in [1.29, 1.82) is 0 Å². The average Bonchev–Trinajstić information content (AvgIpc) is 2.46. The zero-order chi connectivity index (χ0) is 14.5. The molecule has 0 aromatic heterocycles. The van der Waals surface area contributed by atoms with Crippen molar-refractivity contribution in [2.75, 3.05) is 7.11 Å². The van der Waals surface area contributed by atoms with E-state index in [1.807, 2.05) is 0 Å². The molecule has 3 nitrogen and oxygen atoms in total. The third kappa shape index (κ3) is 2.93. The number of ether oxygens (including phenoxy) is 2. The van der Waals surface area contributed by atoms with Crippen LogP contribution in [-0.2, 0) is 6.61 Å². The summed E-state index contributed by atoms with van der Waals surface area (Å²) in [6, 6.07) is 8.17. The molecular weight excluding hydrogens is 266 g/mol. The molecule has 20 heavy (non-hydrogen) atoms. The highest BCUT2D eigenvalue weighted by molar-refractivity contribution is 5.80. The van der Waals surface area contributed by atoms with E-state index in [2.05, 4.69) is 0 Å². The molecule has 104 valence electrons. The van der Waals surface area contributed by atoms with Crippen LogP contribution < -0.4 is 9.47 Å². The summed E-state index contributed by atoms with van der Waals surface area (Å²) >= 11 is 0. The Bertz CT molecular complexity index is 606. The Morgan fingerprint density at radius 3 is 2.45 bits per heavy atom. The van der Waals surface area contributed by atoms with Gasteiger partial charge in [0.1, 0.15) is 29.7 Å². The number of methoxy groups -OCH3 is 1. The minimum absolute atomic E-state index is 0.180. The molecule has 2 aromatic rings. The van der Waals surface area contributed by atoms with Gasteiger partial charge in [0.15, 0.2) is 6.29 Å². The third-order valence-electron chi connectivity index (χ3n) is 2.78. The second kappa shape index (κ2) is 6.14. The van der Waals surface area contributed by atoms with E-state index in [9.17, 15) is 13.6 Å². The van der Waals surface area contributed by atoms with Crippen molar-refractivity contribution in [3.63, 3.8) is 0 Å². The summed E-state index contributed by atoms with van der Waals surface area (Å²) in [6.45, 7) is -0.300. The maximum atomic E-state index is 13.4. The molecule has 0 unspecified atom stereocenters. The summed E-state index contributed by atoms with van der Waals surface area (Å²) in [5.74, 6) is -0.641. The third-order valence-corrected chi connectivity index (χ3v) is 2.78. The van der Waals surface area contributed by atoms with E-state index >= 15 is 0 Å². The van der Waals surface area contributed by atoms with Gasteiger partial charge in [-0.2, -0.15) is 0 Å². The average molecular weight is 278 g/mol. The molecule has 0 spiro atoms. The van der Waals surface area contributed by atoms with Gasteiger partial charge in [-0.1, -0.05) is 6.07 Å². The summed E-state index contributed by atoms with van der Waals surface area (Å²) in [7, 11) is 1.47. The van der Waals surface area contributed by atoms with Gasteiger partial charge in [-0.25, -0.2) is 8.78 Å². The number of carbonyl (C=O) groups is 1. The molecule has 0 aliphatic rings. The normalized spacial score (nSPS) is 10.2. The zero-order valence-electron chi connectivity index (χ0n) is 10.7. The first-order valence-electron chi connectivity index (χ1n) is 5.84. The number of hydrogen-bond acceptors (Lipinski definition) is 3. The van der Waals surface area contributed by atoms with Gasteiger partial charge in [-0.05, 0) is 30.3 Å². The predicted octanol–water partition coefficient (Wildman–Crippen LogP) is 3.36. The standard InChI is InChI=1S/C15H12F2O3/c1-19-11-5-6-15(10(7-11)8-18)20-9-12-13(16)3-2-4-14(12)17/h2-8H,9H2,1H3. The first-order valence-corrected chi connectivity index (χ1v) is 5.84. The number of carbonyl (C=O) groups excluding carboxylic acids is 1. The van der Waals surface area contributed by atoms with E-state index in [0.717, 1.165) is 12.1 Å². The fourth-order valence-corrected chi connectivity index (χ4v) is 1.70. The highest BCUT2D eigenvalue weighted by Gasteiger charge is 2.11. The van der Waals surface area contributed by atoms with E-state index < -0.39 is 11.6 Å². The fraction of sp³-hybridized carbons (Fsp3) is 0.133. The Hall–Kier alpha value is -2.43. The van der Waals surface area contributed by atoms with Crippen LogP contribution >= 0.6 is 0 Å². The van der Waals surface area contributed by atoms with Gasteiger partial charge in [0, 0.05) is 0 Å². The first-order chi connectivity index (χ1) is 9.65. The lowest BCUT2D eigenvalue weighted by atomic mass is 10.2. The second-order valence-corrected chi connectivity index (χ2v) is 4.01. The molecule has 0 heterocycles. The molecule has 5 heteroatoms. The largest absolute Gasteiger partial charge is 0.497 e. The van der Waals surface area contributed by atoms with Gasteiger partial charge in [0.2, 0.25) is 0 Å². The Morgan fingerprint density at radius 2 is 1.85 bits per heavy atom. The zero-order valence-corrected chi connectivity index (χ0v) is 10.7. The monoisotopic (exact) mass is 278 g/mol. The van der Waals surface area contributed by atoms with Gasteiger partial charge in [0.05, 0.1) is 18.2 Å². The molecule has 0 bridgehead atoms. The van der Waals surface area contributed by atoms with Crippen molar-refractivity contribution in [3.8, 4) is 11.5 Å². The summed E-state index contributed by atoms with van der Waals surface area (Å²) < 4.78 is 37.2. The van der Waals surface area contributed by atoms with Gasteiger partial charge in [-0.3, -0.25) is 4.79 Å². The van der Waals surface area contributed by atoms with Gasteiger partial charge < -0.3 is 9.47 Å². The highest BCUT2D eigenvalue weighted by Crippen LogP contribution is 2.24. The smallest absolute Gasteiger partial charge is 0.153 e. The molecule has 0 saturated carbocycles. The van der Waals surface area contributed by atoms with Gasteiger partial charge >= 0.3 is 0 Å². The predicted molar refractivity (Wildman–Crippen MR) is 69.1 cm³/mol. The minimum atomic E-state index is -0.689. The molecule has 0 aliphatic carbocycles. The van der Waals surface area contributed by atoms with Crippen LogP contribution in [0, 0.1) is 11.6 Å². The molecule has 2 aromatic carbocycles. The van der Waals surface area contributed by atoms with E-state index in [1.165, 1.54) is 25.3 Å². The number of aldehydes is 1. The maximum Gasteiger partial charge on any atom is 0.153 e. The van der Waals surface area contributed by atoms with Crippen LogP contribution in [0.3, 0.4) is 0 Å². The number of hydrogen-bond donors (Lipinski definition) is 0. The summed E-state index contributed by atoms with van der Waals surface area (Å²) in [5.41, 5.74) is 0.0706. The van der Waals surface area contributed by atoms with Gasteiger partial charge in [-0.15, -0.1) is 0 Å². The van der Waals surface area contributed by atoms with Crippen molar-refractivity contribution >= 4 is 6.29 Å². The Kier molecular flexibility index (Phi) is 4.30. The van der Waals surface area contributed by atoms with Crippen LogP contribution in [0.15, 0.2) is 36.4 Å². The van der Waals surface area contributed by atoms with Crippen molar-refractivity contribution < 1.29 is 23.0 Å². The minimum Gasteiger partial charge on any atom is -0.497 e. The SMILES string of the molecule is COc1ccc(OCc2c(F)cccc2F)c(C=O)c1. The molecule has 0 atom stereocenters. The van der Waals surface area contributed by atoms with Crippen molar-refractivity contribution in [1.82, 2.24) is 0 Å². The lowest BCUT2D eigenvalue weighted by molar-refractivity contribution is 0.111. The van der Waals surface area contributed by atoms with Crippen LogP contribution in [0.4, 0.5) is 8.78 Å². The van der Waals surface area contributed by atoms with Crippen molar-refractivity contribution in [2.45, 2.75) is 6.61 Å². The van der Waals surface area contributed by atoms with E-state index in [4.69, 9.17) is 9.47 Å². The van der Waals surface area contributed by atoms with Crippen LogP contribution in [0.1, 0.15) is 15.9 Å². The second-order valence-electron chi connectivity index (χ2n) is 4.01. The van der Waals surface area contributed by atoms with E-state index in [-0.39, 0.29) is 23.5 Å². The van der Waals surface area contributed by atoms with E-state index in [0.29, 0.717) is 12.0 Å². The number of halogens is 2. The van der Waals surface area contributed by atoms with Gasteiger partial charge in [0.25, 0.3) is 0 Å². The van der Waals surface area contributed by atoms with Crippen LogP contribution in [0.2, 0.25) is 0 Å². The summed E-state index contributed by atoms with van der Waals surface area (Å²) in [6.07, 6.45) is 0.593. The Labute approximate surface area is 114 Å². The number of rotatable bonds is 5. The molecule has 0 saturated heterocycles. The van der Waals surface area contributed by atoms with Crippen molar-refractivity contribution in [3.05, 3.63) is 59.2 Å². The van der Waals surface area contributed by atoms with Crippen LogP contribution in [0.5, 0.6) is 11.5 Å². The lowest BCUT2D eigenvalue weighted by Crippen LogP contribution is -2.03. The van der Waals surface area contributed by atoms with E-state index in [1.54, 1.807) is 6.07 Å². The fourth-order valence-electron chi connectivity index (χ4n) is 1.70. The quantitative estimate of drug-likeness (QED) is 0.787. The molecule has 0 aliphatic heterocycles. The summed E-state index contributed by atoms with van der Waals surface area (Å²) in [4.78, 5) is 11.0. The molecule has 2 rings (SSSR count). The molecule has 0 radical (unpaired) electrons. The number of benzene rings is 2. The molecule has 0 amide bonds. The van der Waals surface area contributed by atoms with Crippen LogP contribution in [0.25, 0.3) is 0 Å². The van der Waals surface area contributed by atoms with Crippen LogP contribution in [-0.4, -0.2) is 13.4 Å². The maximum absolute atomic E-state index is 13.4.